The smallest absolute Gasteiger partial charge is 0.0672 e. The fourth-order valence-corrected chi connectivity index (χ4v) is 2.83. The Morgan fingerprint density at radius 2 is 1.94 bits per heavy atom. The topological polar surface area (TPSA) is 39.1 Å². The van der Waals surface area contributed by atoms with Crippen LogP contribution in [0.4, 0.5) is 0 Å². The van der Waals surface area contributed by atoms with Gasteiger partial charge in [0.1, 0.15) is 0 Å². The fraction of sp³-hybridized carbons (Fsp3) is 0.929. The Labute approximate surface area is 105 Å². The Bertz CT molecular complexity index is 267. The molecule has 2 rings (SSSR count). The van der Waals surface area contributed by atoms with Gasteiger partial charge in [0.15, 0.2) is 0 Å². The van der Waals surface area contributed by atoms with Crippen LogP contribution in [0.25, 0.3) is 0 Å². The van der Waals surface area contributed by atoms with Crippen LogP contribution in [-0.2, 0) is 0 Å². The quantitative estimate of drug-likeness (QED) is 0.742. The lowest BCUT2D eigenvalue weighted by atomic mass is 9.96. The summed E-state index contributed by atoms with van der Waals surface area (Å²) in [5, 5.41) is 12.8. The first kappa shape index (κ1) is 12.9. The van der Waals surface area contributed by atoms with Crippen molar-refractivity contribution in [2.24, 2.45) is 5.92 Å². The molecule has 0 bridgehead atoms. The van der Waals surface area contributed by atoms with Gasteiger partial charge in [-0.3, -0.25) is 0 Å². The average molecular weight is 235 g/mol. The first-order chi connectivity index (χ1) is 8.31. The van der Waals surface area contributed by atoms with E-state index in [0.29, 0.717) is 6.04 Å². The van der Waals surface area contributed by atoms with Crippen LogP contribution in [0, 0.1) is 17.2 Å². The summed E-state index contributed by atoms with van der Waals surface area (Å²) in [6, 6.07) is 3.78. The highest BCUT2D eigenvalue weighted by atomic mass is 15.2. The number of nitriles is 1. The second-order valence-electron chi connectivity index (χ2n) is 5.65. The number of nitrogens with zero attached hydrogens (tertiary/aromatic N) is 2. The third-order valence-electron chi connectivity index (χ3n) is 4.22. The molecule has 2 saturated carbocycles. The highest BCUT2D eigenvalue weighted by molar-refractivity contribution is 4.93. The molecule has 0 aromatic heterocycles. The van der Waals surface area contributed by atoms with E-state index in [4.69, 9.17) is 0 Å². The van der Waals surface area contributed by atoms with E-state index in [1.54, 1.807) is 0 Å². The summed E-state index contributed by atoms with van der Waals surface area (Å²) in [5.74, 6) is 0.240. The Balaban J connectivity index is 1.69. The van der Waals surface area contributed by atoms with E-state index in [0.717, 1.165) is 25.6 Å². The molecule has 2 aliphatic rings. The van der Waals surface area contributed by atoms with Crippen molar-refractivity contribution >= 4 is 0 Å². The molecule has 2 unspecified atom stereocenters. The minimum absolute atomic E-state index is 0.240. The second-order valence-corrected chi connectivity index (χ2v) is 5.65. The van der Waals surface area contributed by atoms with Crippen LogP contribution >= 0.6 is 0 Å². The van der Waals surface area contributed by atoms with Crippen molar-refractivity contribution in [3.05, 3.63) is 0 Å². The molecule has 0 heterocycles. The monoisotopic (exact) mass is 235 g/mol. The van der Waals surface area contributed by atoms with E-state index in [1.165, 1.54) is 38.5 Å². The summed E-state index contributed by atoms with van der Waals surface area (Å²) in [6.07, 6.45) is 8.85. The number of likely N-dealkylation sites (N-methyl/N-ethyl adjacent to an activating group) is 1. The van der Waals surface area contributed by atoms with Gasteiger partial charge in [0.25, 0.3) is 0 Å². The van der Waals surface area contributed by atoms with Crippen LogP contribution in [0.3, 0.4) is 0 Å². The maximum atomic E-state index is 9.19. The maximum absolute atomic E-state index is 9.19. The Morgan fingerprint density at radius 1 is 1.18 bits per heavy atom. The van der Waals surface area contributed by atoms with Crippen LogP contribution in [0.15, 0.2) is 0 Å². The Hall–Kier alpha value is -0.590. The SMILES string of the molecule is CN(CCNC1CCCCCC1C#N)C1CC1. The maximum Gasteiger partial charge on any atom is 0.0672 e. The first-order valence-electron chi connectivity index (χ1n) is 7.14. The van der Waals surface area contributed by atoms with Crippen LogP contribution in [-0.4, -0.2) is 37.1 Å². The largest absolute Gasteiger partial charge is 0.311 e. The molecule has 0 radical (unpaired) electrons. The van der Waals surface area contributed by atoms with Crippen molar-refractivity contribution in [3.8, 4) is 6.07 Å². The zero-order valence-electron chi connectivity index (χ0n) is 11.0. The molecule has 0 aliphatic heterocycles. The number of hydrogen-bond donors (Lipinski definition) is 1. The van der Waals surface area contributed by atoms with Crippen molar-refractivity contribution < 1.29 is 0 Å². The lowest BCUT2D eigenvalue weighted by molar-refractivity contribution is 0.301. The summed E-state index contributed by atoms with van der Waals surface area (Å²) >= 11 is 0. The van der Waals surface area contributed by atoms with Crippen molar-refractivity contribution in [3.63, 3.8) is 0 Å². The van der Waals surface area contributed by atoms with Gasteiger partial charge in [-0.25, -0.2) is 0 Å². The highest BCUT2D eigenvalue weighted by Crippen LogP contribution is 2.25. The van der Waals surface area contributed by atoms with Gasteiger partial charge < -0.3 is 10.2 Å². The zero-order chi connectivity index (χ0) is 12.1. The summed E-state index contributed by atoms with van der Waals surface area (Å²) in [5.41, 5.74) is 0. The molecular weight excluding hydrogens is 210 g/mol. The standard InChI is InChI=1S/C14H25N3/c1-17(13-7-8-13)10-9-16-14-6-4-2-3-5-12(14)11-15/h12-14,16H,2-10H2,1H3. The first-order valence-corrected chi connectivity index (χ1v) is 7.14. The third kappa shape index (κ3) is 3.97. The molecule has 17 heavy (non-hydrogen) atoms. The molecule has 0 aromatic rings. The normalized spacial score (nSPS) is 29.9. The molecule has 2 atom stereocenters. The highest BCUT2D eigenvalue weighted by Gasteiger charge is 2.26. The van der Waals surface area contributed by atoms with E-state index in [9.17, 15) is 5.26 Å². The molecule has 1 N–H and O–H groups in total. The summed E-state index contributed by atoms with van der Waals surface area (Å²) in [4.78, 5) is 2.45. The van der Waals surface area contributed by atoms with Gasteiger partial charge in [-0.1, -0.05) is 19.3 Å². The molecule has 96 valence electrons. The molecule has 0 saturated heterocycles. The second kappa shape index (κ2) is 6.37. The summed E-state index contributed by atoms with van der Waals surface area (Å²) in [6.45, 7) is 2.16. The number of hydrogen-bond acceptors (Lipinski definition) is 3. The van der Waals surface area contributed by atoms with Crippen molar-refractivity contribution in [2.75, 3.05) is 20.1 Å². The Morgan fingerprint density at radius 3 is 2.65 bits per heavy atom. The van der Waals surface area contributed by atoms with Gasteiger partial charge in [-0.2, -0.15) is 5.26 Å². The number of nitrogens with one attached hydrogen (secondary N) is 1. The number of rotatable bonds is 5. The third-order valence-corrected chi connectivity index (χ3v) is 4.22. The summed E-state index contributed by atoms with van der Waals surface area (Å²) in [7, 11) is 2.22. The predicted octanol–water partition coefficient (Wildman–Crippen LogP) is 2.14. The molecular formula is C14H25N3. The van der Waals surface area contributed by atoms with Gasteiger partial charge in [-0.15, -0.1) is 0 Å². The van der Waals surface area contributed by atoms with E-state index in [1.807, 2.05) is 0 Å². The van der Waals surface area contributed by atoms with Crippen LogP contribution in [0.2, 0.25) is 0 Å². The molecule has 3 nitrogen and oxygen atoms in total. The van der Waals surface area contributed by atoms with Crippen molar-refractivity contribution in [1.82, 2.24) is 10.2 Å². The van der Waals surface area contributed by atoms with E-state index in [2.05, 4.69) is 23.3 Å². The van der Waals surface area contributed by atoms with Crippen LogP contribution in [0.5, 0.6) is 0 Å². The molecule has 0 amide bonds. The zero-order valence-corrected chi connectivity index (χ0v) is 11.0. The van der Waals surface area contributed by atoms with Crippen LogP contribution in [0.1, 0.15) is 44.9 Å². The minimum Gasteiger partial charge on any atom is -0.311 e. The predicted molar refractivity (Wildman–Crippen MR) is 69.6 cm³/mol. The molecule has 0 aromatic carbocycles. The van der Waals surface area contributed by atoms with Crippen LogP contribution < -0.4 is 5.32 Å². The average Bonchev–Trinajstić information content (AvgIpc) is 3.16. The van der Waals surface area contributed by atoms with Crippen molar-refractivity contribution in [1.29, 1.82) is 5.26 Å². The Kier molecular flexibility index (Phi) is 4.82. The van der Waals surface area contributed by atoms with E-state index < -0.39 is 0 Å². The minimum atomic E-state index is 0.240. The summed E-state index contributed by atoms with van der Waals surface area (Å²) < 4.78 is 0. The fourth-order valence-electron chi connectivity index (χ4n) is 2.83. The molecule has 2 fully saturated rings. The van der Waals surface area contributed by atoms with E-state index in [-0.39, 0.29) is 5.92 Å². The van der Waals surface area contributed by atoms with Gasteiger partial charge in [0.05, 0.1) is 12.0 Å². The lowest BCUT2D eigenvalue weighted by Gasteiger charge is -2.23. The molecule has 0 spiro atoms. The van der Waals surface area contributed by atoms with E-state index >= 15 is 0 Å². The van der Waals surface area contributed by atoms with Crippen molar-refractivity contribution in [2.45, 2.75) is 57.0 Å². The van der Waals surface area contributed by atoms with Gasteiger partial charge >= 0.3 is 0 Å². The molecule has 2 aliphatic carbocycles. The van der Waals surface area contributed by atoms with Gasteiger partial charge in [-0.05, 0) is 32.7 Å². The van der Waals surface area contributed by atoms with Gasteiger partial charge in [0.2, 0.25) is 0 Å². The lowest BCUT2D eigenvalue weighted by Crippen LogP contribution is -2.40. The van der Waals surface area contributed by atoms with Gasteiger partial charge in [0, 0.05) is 25.2 Å². The molecule has 3 heteroatoms.